The highest BCUT2D eigenvalue weighted by Gasteiger charge is 2.18. The molecule has 6 heteroatoms. The van der Waals surface area contributed by atoms with E-state index in [1.165, 1.54) is 12.1 Å². The lowest BCUT2D eigenvalue weighted by molar-refractivity contribution is 0.0364. The number of primary amides is 1. The van der Waals surface area contributed by atoms with E-state index in [9.17, 15) is 9.18 Å². The Hall–Kier alpha value is -2.18. The van der Waals surface area contributed by atoms with Gasteiger partial charge in [-0.3, -0.25) is 9.69 Å². The molecule has 1 aromatic carbocycles. The number of hydrogen-bond acceptors (Lipinski definition) is 3. The Balaban J connectivity index is 1.90. The van der Waals surface area contributed by atoms with Crippen LogP contribution in [0.5, 0.6) is 0 Å². The van der Waals surface area contributed by atoms with Crippen LogP contribution in [-0.2, 0) is 11.3 Å². The topological polar surface area (TPSA) is 60.5 Å². The first-order chi connectivity index (χ1) is 11.6. The SMILES string of the molecule is Cc1c(C(N)=O)cc(-c2ccc(F)cc2)n1CCN1CCOCC1. The van der Waals surface area contributed by atoms with E-state index in [4.69, 9.17) is 10.5 Å². The summed E-state index contributed by atoms with van der Waals surface area (Å²) in [6.45, 7) is 6.83. The minimum Gasteiger partial charge on any atom is -0.379 e. The minimum absolute atomic E-state index is 0.281. The molecule has 2 heterocycles. The smallest absolute Gasteiger partial charge is 0.250 e. The Morgan fingerprint density at radius 3 is 2.50 bits per heavy atom. The number of ether oxygens (including phenoxy) is 1. The summed E-state index contributed by atoms with van der Waals surface area (Å²) in [5.74, 6) is -0.724. The van der Waals surface area contributed by atoms with Crippen LogP contribution in [0.1, 0.15) is 16.1 Å². The zero-order valence-electron chi connectivity index (χ0n) is 13.8. The van der Waals surface area contributed by atoms with E-state index in [-0.39, 0.29) is 5.82 Å². The molecule has 0 radical (unpaired) electrons. The molecule has 2 aromatic rings. The van der Waals surface area contributed by atoms with Crippen LogP contribution in [0, 0.1) is 12.7 Å². The maximum absolute atomic E-state index is 13.2. The summed E-state index contributed by atoms with van der Waals surface area (Å²) in [7, 11) is 0. The summed E-state index contributed by atoms with van der Waals surface area (Å²) in [5.41, 5.74) is 8.61. The maximum atomic E-state index is 13.2. The highest BCUT2D eigenvalue weighted by atomic mass is 19.1. The van der Waals surface area contributed by atoms with Gasteiger partial charge in [0.05, 0.1) is 18.8 Å². The fraction of sp³-hybridized carbons (Fsp3) is 0.389. The highest BCUT2D eigenvalue weighted by Crippen LogP contribution is 2.26. The molecule has 0 spiro atoms. The Morgan fingerprint density at radius 1 is 1.21 bits per heavy atom. The van der Waals surface area contributed by atoms with Gasteiger partial charge in [0, 0.05) is 37.6 Å². The normalized spacial score (nSPS) is 15.6. The third-order valence-electron chi connectivity index (χ3n) is 4.52. The van der Waals surface area contributed by atoms with Crippen LogP contribution in [-0.4, -0.2) is 48.2 Å². The second-order valence-corrected chi connectivity index (χ2v) is 6.01. The maximum Gasteiger partial charge on any atom is 0.250 e. The Labute approximate surface area is 140 Å². The monoisotopic (exact) mass is 331 g/mol. The molecule has 24 heavy (non-hydrogen) atoms. The lowest BCUT2D eigenvalue weighted by Gasteiger charge is -2.27. The molecule has 0 unspecified atom stereocenters. The van der Waals surface area contributed by atoms with Gasteiger partial charge in [-0.05, 0) is 42.8 Å². The molecule has 0 aliphatic carbocycles. The molecule has 128 valence electrons. The molecular formula is C18H22FN3O2. The van der Waals surface area contributed by atoms with Gasteiger partial charge in [0.2, 0.25) is 0 Å². The van der Waals surface area contributed by atoms with Crippen LogP contribution in [0.25, 0.3) is 11.3 Å². The summed E-state index contributed by atoms with van der Waals surface area (Å²) < 4.78 is 20.7. The van der Waals surface area contributed by atoms with Crippen molar-refractivity contribution in [3.8, 4) is 11.3 Å². The van der Waals surface area contributed by atoms with E-state index in [0.717, 1.165) is 56.3 Å². The van der Waals surface area contributed by atoms with E-state index in [1.807, 2.05) is 6.92 Å². The molecule has 1 fully saturated rings. The third-order valence-corrected chi connectivity index (χ3v) is 4.52. The first kappa shape index (κ1) is 16.7. The number of amides is 1. The van der Waals surface area contributed by atoms with Crippen LogP contribution in [0.2, 0.25) is 0 Å². The number of nitrogens with two attached hydrogens (primary N) is 1. The molecule has 0 saturated carbocycles. The van der Waals surface area contributed by atoms with Crippen molar-refractivity contribution in [2.75, 3.05) is 32.8 Å². The minimum atomic E-state index is -0.444. The van der Waals surface area contributed by atoms with E-state index in [1.54, 1.807) is 18.2 Å². The van der Waals surface area contributed by atoms with Crippen molar-refractivity contribution < 1.29 is 13.9 Å². The zero-order valence-corrected chi connectivity index (χ0v) is 13.8. The van der Waals surface area contributed by atoms with Gasteiger partial charge in [-0.2, -0.15) is 0 Å². The molecule has 1 aliphatic heterocycles. The molecule has 1 aliphatic rings. The molecular weight excluding hydrogens is 309 g/mol. The first-order valence-electron chi connectivity index (χ1n) is 8.12. The van der Waals surface area contributed by atoms with Gasteiger partial charge in [0.15, 0.2) is 0 Å². The van der Waals surface area contributed by atoms with Gasteiger partial charge >= 0.3 is 0 Å². The molecule has 2 N–H and O–H groups in total. The standard InChI is InChI=1S/C18H22FN3O2/c1-13-16(18(20)23)12-17(14-2-4-15(19)5-3-14)22(13)7-6-21-8-10-24-11-9-21/h2-5,12H,6-11H2,1H3,(H2,20,23). The summed E-state index contributed by atoms with van der Waals surface area (Å²) >= 11 is 0. The van der Waals surface area contributed by atoms with E-state index >= 15 is 0 Å². The lowest BCUT2D eigenvalue weighted by Crippen LogP contribution is -2.38. The van der Waals surface area contributed by atoms with Gasteiger partial charge < -0.3 is 15.0 Å². The number of halogens is 1. The first-order valence-corrected chi connectivity index (χ1v) is 8.12. The highest BCUT2D eigenvalue weighted by molar-refractivity contribution is 5.95. The average Bonchev–Trinajstić information content (AvgIpc) is 2.91. The predicted octanol–water partition coefficient (Wildman–Crippen LogP) is 2.03. The summed E-state index contributed by atoms with van der Waals surface area (Å²) in [6, 6.07) is 8.09. The molecule has 1 aromatic heterocycles. The number of rotatable bonds is 5. The van der Waals surface area contributed by atoms with Crippen molar-refractivity contribution >= 4 is 5.91 Å². The average molecular weight is 331 g/mol. The molecule has 0 atom stereocenters. The largest absolute Gasteiger partial charge is 0.379 e. The van der Waals surface area contributed by atoms with Gasteiger partial charge in [-0.15, -0.1) is 0 Å². The van der Waals surface area contributed by atoms with Crippen LogP contribution in [0.3, 0.4) is 0 Å². The number of nitrogens with zero attached hydrogens (tertiary/aromatic N) is 2. The number of morpholine rings is 1. The quantitative estimate of drug-likeness (QED) is 0.912. The van der Waals surface area contributed by atoms with Crippen LogP contribution < -0.4 is 5.73 Å². The number of carbonyl (C=O) groups excluding carboxylic acids is 1. The Kier molecular flexibility index (Phi) is 4.97. The van der Waals surface area contributed by atoms with Crippen LogP contribution in [0.15, 0.2) is 30.3 Å². The van der Waals surface area contributed by atoms with Gasteiger partial charge in [-0.25, -0.2) is 4.39 Å². The van der Waals surface area contributed by atoms with E-state index in [2.05, 4.69) is 9.47 Å². The van der Waals surface area contributed by atoms with Crippen molar-refractivity contribution in [2.45, 2.75) is 13.5 Å². The fourth-order valence-electron chi connectivity index (χ4n) is 3.11. The Morgan fingerprint density at radius 2 is 1.88 bits per heavy atom. The summed E-state index contributed by atoms with van der Waals surface area (Å²) in [5, 5.41) is 0. The number of benzene rings is 1. The fourth-order valence-corrected chi connectivity index (χ4v) is 3.11. The Bertz CT molecular complexity index is 719. The van der Waals surface area contributed by atoms with Gasteiger partial charge in [0.25, 0.3) is 5.91 Å². The molecule has 3 rings (SSSR count). The van der Waals surface area contributed by atoms with Crippen molar-refractivity contribution in [3.05, 3.63) is 47.4 Å². The number of aromatic nitrogens is 1. The van der Waals surface area contributed by atoms with E-state index < -0.39 is 5.91 Å². The van der Waals surface area contributed by atoms with Crippen molar-refractivity contribution in [2.24, 2.45) is 5.73 Å². The summed E-state index contributed by atoms with van der Waals surface area (Å²) in [4.78, 5) is 14.0. The van der Waals surface area contributed by atoms with Gasteiger partial charge in [0.1, 0.15) is 5.82 Å². The third kappa shape index (κ3) is 3.49. The molecule has 1 saturated heterocycles. The van der Waals surface area contributed by atoms with Crippen molar-refractivity contribution in [3.63, 3.8) is 0 Å². The molecule has 0 bridgehead atoms. The summed E-state index contributed by atoms with van der Waals surface area (Å²) in [6.07, 6.45) is 0. The zero-order chi connectivity index (χ0) is 17.1. The van der Waals surface area contributed by atoms with Crippen LogP contribution >= 0.6 is 0 Å². The number of carbonyl (C=O) groups is 1. The predicted molar refractivity (Wildman–Crippen MR) is 90.3 cm³/mol. The number of hydrogen-bond donors (Lipinski definition) is 1. The molecule has 1 amide bonds. The van der Waals surface area contributed by atoms with Crippen molar-refractivity contribution in [1.82, 2.24) is 9.47 Å². The second-order valence-electron chi connectivity index (χ2n) is 6.01. The lowest BCUT2D eigenvalue weighted by atomic mass is 10.1. The molecule has 5 nitrogen and oxygen atoms in total. The van der Waals surface area contributed by atoms with Crippen LogP contribution in [0.4, 0.5) is 4.39 Å². The second kappa shape index (κ2) is 7.15. The van der Waals surface area contributed by atoms with E-state index in [0.29, 0.717) is 5.56 Å². The van der Waals surface area contributed by atoms with Crippen molar-refractivity contribution in [1.29, 1.82) is 0 Å². The van der Waals surface area contributed by atoms with Gasteiger partial charge in [-0.1, -0.05) is 0 Å².